The monoisotopic (exact) mass is 418 g/mol. The van der Waals surface area contributed by atoms with Crippen molar-refractivity contribution in [3.05, 3.63) is 27.3 Å². The van der Waals surface area contributed by atoms with Crippen molar-refractivity contribution in [3.63, 3.8) is 0 Å². The van der Waals surface area contributed by atoms with E-state index in [0.29, 0.717) is 0 Å². The number of hydrogen-bond donors (Lipinski definition) is 1. The highest BCUT2D eigenvalue weighted by Gasteiger charge is 2.33. The van der Waals surface area contributed by atoms with Gasteiger partial charge >= 0.3 is 5.97 Å². The van der Waals surface area contributed by atoms with E-state index in [9.17, 15) is 14.3 Å². The third kappa shape index (κ3) is 4.63. The minimum atomic E-state index is -2.35. The molecule has 0 bridgehead atoms. The highest BCUT2D eigenvalue weighted by molar-refractivity contribution is 6.89. The van der Waals surface area contributed by atoms with Gasteiger partial charge in [-0.05, 0) is 25.0 Å². The standard InChI is InChI=1S/C17H21Cl2FN2O3Si/c1-5-25-17(24)10(8-21-9-6-7-9)13(23)11-14(26(2,3)4)12(20)16(19)22-15(11)18/h8-9,23H,5-7H2,1-4H3/b13-10-,21-8?. The van der Waals surface area contributed by atoms with Crippen molar-refractivity contribution < 1.29 is 19.0 Å². The molecule has 1 aliphatic rings. The molecule has 1 saturated carbocycles. The van der Waals surface area contributed by atoms with Gasteiger partial charge in [0.15, 0.2) is 11.0 Å². The molecule has 0 radical (unpaired) electrons. The number of carbonyl (C=O) groups is 1. The number of aliphatic hydroxyl groups is 1. The zero-order valence-electron chi connectivity index (χ0n) is 15.1. The summed E-state index contributed by atoms with van der Waals surface area (Å²) in [5, 5.41) is 10.5. The van der Waals surface area contributed by atoms with E-state index in [1.165, 1.54) is 6.21 Å². The number of carbonyl (C=O) groups excluding carboxylic acids is 1. The lowest BCUT2D eigenvalue weighted by Crippen LogP contribution is -2.43. The Kier molecular flexibility index (Phi) is 6.47. The third-order valence-corrected chi connectivity index (χ3v) is 6.25. The molecule has 1 aromatic rings. The summed E-state index contributed by atoms with van der Waals surface area (Å²) in [5.74, 6) is -2.00. The Labute approximate surface area is 162 Å². The van der Waals surface area contributed by atoms with E-state index in [0.717, 1.165) is 12.8 Å². The fourth-order valence-corrected chi connectivity index (χ4v) is 4.80. The second-order valence-electron chi connectivity index (χ2n) is 7.00. The lowest BCUT2D eigenvalue weighted by molar-refractivity contribution is -0.137. The minimum Gasteiger partial charge on any atom is -0.506 e. The predicted molar refractivity (Wildman–Crippen MR) is 105 cm³/mol. The molecule has 0 spiro atoms. The van der Waals surface area contributed by atoms with E-state index >= 15 is 0 Å². The Hall–Kier alpha value is -1.44. The van der Waals surface area contributed by atoms with Crippen molar-refractivity contribution in [2.24, 2.45) is 4.99 Å². The lowest BCUT2D eigenvalue weighted by Gasteiger charge is -2.23. The van der Waals surface area contributed by atoms with Crippen LogP contribution in [0.15, 0.2) is 10.6 Å². The number of rotatable bonds is 6. The largest absolute Gasteiger partial charge is 0.506 e. The summed E-state index contributed by atoms with van der Waals surface area (Å²) in [4.78, 5) is 20.3. The van der Waals surface area contributed by atoms with Gasteiger partial charge in [-0.25, -0.2) is 14.2 Å². The van der Waals surface area contributed by atoms with Crippen LogP contribution in [-0.2, 0) is 9.53 Å². The Bertz CT molecular complexity index is 787. The molecule has 2 rings (SSSR count). The van der Waals surface area contributed by atoms with Crippen LogP contribution < -0.4 is 5.19 Å². The minimum absolute atomic E-state index is 0.0296. The Balaban J connectivity index is 2.73. The summed E-state index contributed by atoms with van der Waals surface area (Å²) in [6.45, 7) is 7.38. The van der Waals surface area contributed by atoms with E-state index in [4.69, 9.17) is 27.9 Å². The van der Waals surface area contributed by atoms with Crippen LogP contribution in [0.4, 0.5) is 4.39 Å². The van der Waals surface area contributed by atoms with Gasteiger partial charge in [0.2, 0.25) is 0 Å². The lowest BCUT2D eigenvalue weighted by atomic mass is 10.1. The maximum absolute atomic E-state index is 14.7. The van der Waals surface area contributed by atoms with Crippen LogP contribution in [0, 0.1) is 5.82 Å². The number of aromatic nitrogens is 1. The molecule has 1 N–H and O–H groups in total. The number of halogens is 3. The fraction of sp³-hybridized carbons (Fsp3) is 0.471. The van der Waals surface area contributed by atoms with Crippen molar-refractivity contribution in [2.45, 2.75) is 45.4 Å². The van der Waals surface area contributed by atoms with E-state index in [-0.39, 0.29) is 39.3 Å². The van der Waals surface area contributed by atoms with Crippen molar-refractivity contribution in [2.75, 3.05) is 6.61 Å². The quantitative estimate of drug-likeness (QED) is 0.188. The summed E-state index contributed by atoms with van der Waals surface area (Å²) in [7, 11) is -2.35. The molecule has 26 heavy (non-hydrogen) atoms. The highest BCUT2D eigenvalue weighted by Crippen LogP contribution is 2.29. The molecule has 0 saturated heterocycles. The number of aliphatic imine (C=N–C) groups is 1. The Morgan fingerprint density at radius 1 is 1.38 bits per heavy atom. The van der Waals surface area contributed by atoms with Gasteiger partial charge in [-0.1, -0.05) is 42.8 Å². The first-order valence-corrected chi connectivity index (χ1v) is 12.5. The van der Waals surface area contributed by atoms with Gasteiger partial charge < -0.3 is 9.84 Å². The maximum atomic E-state index is 14.7. The third-order valence-electron chi connectivity index (χ3n) is 3.75. The van der Waals surface area contributed by atoms with Gasteiger partial charge in [0.25, 0.3) is 0 Å². The van der Waals surface area contributed by atoms with Gasteiger partial charge in [0, 0.05) is 6.21 Å². The number of aliphatic hydroxyl groups excluding tert-OH is 1. The molecule has 1 aromatic heterocycles. The van der Waals surface area contributed by atoms with Crippen molar-refractivity contribution in [3.8, 4) is 0 Å². The van der Waals surface area contributed by atoms with Gasteiger partial charge in [0.1, 0.15) is 16.5 Å². The molecule has 0 atom stereocenters. The van der Waals surface area contributed by atoms with E-state index in [2.05, 4.69) is 9.98 Å². The fourth-order valence-electron chi connectivity index (χ4n) is 2.39. The second-order valence-corrected chi connectivity index (χ2v) is 12.7. The van der Waals surface area contributed by atoms with Crippen LogP contribution >= 0.6 is 23.2 Å². The molecule has 1 heterocycles. The van der Waals surface area contributed by atoms with Crippen molar-refractivity contribution in [1.29, 1.82) is 0 Å². The maximum Gasteiger partial charge on any atom is 0.343 e. The number of esters is 1. The first-order chi connectivity index (χ1) is 12.1. The van der Waals surface area contributed by atoms with Crippen LogP contribution in [-0.4, -0.2) is 43.0 Å². The number of hydrogen-bond acceptors (Lipinski definition) is 5. The van der Waals surface area contributed by atoms with E-state index < -0.39 is 25.6 Å². The molecule has 1 aliphatic carbocycles. The summed E-state index contributed by atoms with van der Waals surface area (Å²) >= 11 is 12.0. The molecule has 142 valence electrons. The normalized spacial score (nSPS) is 16.0. The average Bonchev–Trinajstić information content (AvgIpc) is 3.33. The van der Waals surface area contributed by atoms with Crippen LogP contribution in [0.3, 0.4) is 0 Å². The van der Waals surface area contributed by atoms with Crippen LogP contribution in [0.2, 0.25) is 29.9 Å². The first kappa shape index (κ1) is 20.9. The SMILES string of the molecule is CCOC(=O)/C(C=NC1CC1)=C(\O)c1c(Cl)nc(Cl)c(F)c1[Si](C)(C)C. The Morgan fingerprint density at radius 2 is 2.00 bits per heavy atom. The smallest absolute Gasteiger partial charge is 0.343 e. The molecule has 0 aromatic carbocycles. The Morgan fingerprint density at radius 3 is 2.50 bits per heavy atom. The topological polar surface area (TPSA) is 71.8 Å². The molecule has 0 amide bonds. The van der Waals surface area contributed by atoms with E-state index in [1.54, 1.807) is 6.92 Å². The van der Waals surface area contributed by atoms with Crippen molar-refractivity contribution >= 4 is 54.4 Å². The molecule has 0 unspecified atom stereocenters. The summed E-state index contributed by atoms with van der Waals surface area (Å²) in [6, 6.07) is 0.124. The average molecular weight is 419 g/mol. The molecule has 9 heteroatoms. The summed E-state index contributed by atoms with van der Waals surface area (Å²) < 4.78 is 19.7. The molecular formula is C17H21Cl2FN2O3Si. The van der Waals surface area contributed by atoms with Crippen molar-refractivity contribution in [1.82, 2.24) is 4.98 Å². The molecule has 5 nitrogen and oxygen atoms in total. The van der Waals surface area contributed by atoms with Gasteiger partial charge in [-0.2, -0.15) is 0 Å². The van der Waals surface area contributed by atoms with Gasteiger partial charge in [-0.15, -0.1) is 0 Å². The summed E-state index contributed by atoms with van der Waals surface area (Å²) in [5.41, 5.74) is -0.207. The number of pyridine rings is 1. The predicted octanol–water partition coefficient (Wildman–Crippen LogP) is 4.14. The second kappa shape index (κ2) is 8.06. The zero-order chi connectivity index (χ0) is 19.6. The molecule has 0 aliphatic heterocycles. The number of ether oxygens (including phenoxy) is 1. The number of nitrogens with zero attached hydrogens (tertiary/aromatic N) is 2. The van der Waals surface area contributed by atoms with Gasteiger partial charge in [0.05, 0.1) is 26.3 Å². The molecule has 1 fully saturated rings. The van der Waals surface area contributed by atoms with Crippen LogP contribution in [0.25, 0.3) is 5.76 Å². The highest BCUT2D eigenvalue weighted by atomic mass is 35.5. The van der Waals surface area contributed by atoms with Crippen LogP contribution in [0.1, 0.15) is 25.3 Å². The van der Waals surface area contributed by atoms with Gasteiger partial charge in [-0.3, -0.25) is 4.99 Å². The zero-order valence-corrected chi connectivity index (χ0v) is 17.6. The van der Waals surface area contributed by atoms with Crippen LogP contribution in [0.5, 0.6) is 0 Å². The first-order valence-electron chi connectivity index (χ1n) is 8.26. The molecular weight excluding hydrogens is 398 g/mol. The van der Waals surface area contributed by atoms with E-state index in [1.807, 2.05) is 19.6 Å². The summed E-state index contributed by atoms with van der Waals surface area (Å²) in [6.07, 6.45) is 3.11.